The predicted molar refractivity (Wildman–Crippen MR) is 114 cm³/mol. The molecule has 3 amide bonds. The Kier molecular flexibility index (Phi) is 4.32. The minimum Gasteiger partial charge on any atom is -0.368 e. The maximum absolute atomic E-state index is 13.3. The molecular weight excluding hydrogens is 394 g/mol. The number of nitrogen functional groups attached to an aromatic ring is 1. The Bertz CT molecular complexity index is 1190. The molecule has 2 aromatic carbocycles. The van der Waals surface area contributed by atoms with Crippen LogP contribution in [0, 0.1) is 6.92 Å². The third kappa shape index (κ3) is 3.24. The zero-order chi connectivity index (χ0) is 21.6. The summed E-state index contributed by atoms with van der Waals surface area (Å²) in [5.41, 5.74) is 8.68. The molecule has 1 aliphatic heterocycles. The van der Waals surface area contributed by atoms with E-state index in [0.29, 0.717) is 6.42 Å². The van der Waals surface area contributed by atoms with Crippen molar-refractivity contribution in [1.82, 2.24) is 25.2 Å². The largest absolute Gasteiger partial charge is 0.368 e. The molecule has 0 saturated carbocycles. The fourth-order valence-electron chi connectivity index (χ4n) is 4.21. The number of rotatable bonds is 4. The van der Waals surface area contributed by atoms with Crippen molar-refractivity contribution in [3.8, 4) is 0 Å². The summed E-state index contributed by atoms with van der Waals surface area (Å²) in [6.07, 6.45) is 1.27. The van der Waals surface area contributed by atoms with Gasteiger partial charge in [-0.2, -0.15) is 15.0 Å². The number of benzene rings is 2. The van der Waals surface area contributed by atoms with Crippen LogP contribution < -0.4 is 16.4 Å². The normalized spacial score (nSPS) is 19.6. The van der Waals surface area contributed by atoms with E-state index in [9.17, 15) is 9.59 Å². The molecule has 1 atom stereocenters. The third-order valence-corrected chi connectivity index (χ3v) is 5.73. The highest BCUT2D eigenvalue weighted by Crippen LogP contribution is 2.41. The average molecular weight is 415 g/mol. The van der Waals surface area contributed by atoms with Crippen LogP contribution in [0.4, 0.5) is 22.4 Å². The van der Waals surface area contributed by atoms with E-state index in [1.54, 1.807) is 0 Å². The van der Waals surface area contributed by atoms with Crippen LogP contribution in [0.5, 0.6) is 0 Å². The highest BCUT2D eigenvalue weighted by Gasteiger charge is 2.55. The molecule has 156 valence electrons. The summed E-state index contributed by atoms with van der Waals surface area (Å²) in [6.45, 7) is 1.90. The van der Waals surface area contributed by atoms with Gasteiger partial charge in [0.25, 0.3) is 5.91 Å². The molecule has 1 fully saturated rings. The van der Waals surface area contributed by atoms with E-state index in [1.165, 1.54) is 0 Å². The van der Waals surface area contributed by atoms with Crippen LogP contribution in [0.15, 0.2) is 48.5 Å². The van der Waals surface area contributed by atoms with Crippen LogP contribution in [-0.2, 0) is 23.3 Å². The summed E-state index contributed by atoms with van der Waals surface area (Å²) in [6, 6.07) is 14.9. The molecule has 4 N–H and O–H groups in total. The van der Waals surface area contributed by atoms with E-state index in [-0.39, 0.29) is 30.2 Å². The van der Waals surface area contributed by atoms with E-state index < -0.39 is 11.6 Å². The smallest absolute Gasteiger partial charge is 0.325 e. The number of hydrogen-bond acceptors (Lipinski definition) is 7. The van der Waals surface area contributed by atoms with E-state index in [4.69, 9.17) is 5.73 Å². The first-order valence-corrected chi connectivity index (χ1v) is 10.0. The maximum Gasteiger partial charge on any atom is 0.325 e. The summed E-state index contributed by atoms with van der Waals surface area (Å²) in [5, 5.41) is 5.97. The van der Waals surface area contributed by atoms with Gasteiger partial charge in [-0.05, 0) is 43.0 Å². The molecule has 1 spiro atoms. The monoisotopic (exact) mass is 415 g/mol. The van der Waals surface area contributed by atoms with Crippen molar-refractivity contribution in [3.63, 3.8) is 0 Å². The van der Waals surface area contributed by atoms with Crippen molar-refractivity contribution in [1.29, 1.82) is 0 Å². The van der Waals surface area contributed by atoms with Crippen molar-refractivity contribution >= 4 is 29.5 Å². The Hall–Kier alpha value is -4.01. The Balaban J connectivity index is 1.40. The second-order valence-electron chi connectivity index (χ2n) is 7.81. The van der Waals surface area contributed by atoms with Gasteiger partial charge >= 0.3 is 6.03 Å². The fraction of sp³-hybridized carbons (Fsp3) is 0.227. The van der Waals surface area contributed by atoms with Crippen molar-refractivity contribution in [2.24, 2.45) is 0 Å². The van der Waals surface area contributed by atoms with Gasteiger partial charge in [-0.15, -0.1) is 0 Å². The summed E-state index contributed by atoms with van der Waals surface area (Å²) in [4.78, 5) is 39.8. The number of anilines is 3. The number of imide groups is 1. The predicted octanol–water partition coefficient (Wildman–Crippen LogP) is 2.40. The van der Waals surface area contributed by atoms with Crippen molar-refractivity contribution in [2.75, 3.05) is 11.1 Å². The van der Waals surface area contributed by atoms with Crippen LogP contribution >= 0.6 is 0 Å². The third-order valence-electron chi connectivity index (χ3n) is 5.73. The number of nitrogens with one attached hydrogen (secondary N) is 2. The standard InChI is InChI=1S/C22H21N7O2/c1-13-6-8-15(9-7-13)24-20-26-17(25-19(23)27-20)12-29-18(30)22(28-21(29)31)11-10-14-4-2-3-5-16(14)22/h2-9H,10-12H2,1H3,(H,28,31)(H3,23,24,25,26,27)/t22-/m1/s1. The van der Waals surface area contributed by atoms with Crippen LogP contribution in [0.25, 0.3) is 0 Å². The van der Waals surface area contributed by atoms with Crippen LogP contribution in [0.1, 0.15) is 28.9 Å². The average Bonchev–Trinajstić information content (AvgIpc) is 3.23. The molecule has 2 heterocycles. The first-order chi connectivity index (χ1) is 14.9. The number of carbonyl (C=O) groups is 2. The SMILES string of the molecule is Cc1ccc(Nc2nc(N)nc(CN3C(=O)N[C@@]4(CCc5ccccc54)C3=O)n2)cc1. The number of aryl methyl sites for hydroxylation is 2. The van der Waals surface area contributed by atoms with Crippen LogP contribution in [-0.4, -0.2) is 31.8 Å². The van der Waals surface area contributed by atoms with E-state index >= 15 is 0 Å². The highest BCUT2D eigenvalue weighted by atomic mass is 16.2. The molecule has 31 heavy (non-hydrogen) atoms. The van der Waals surface area contributed by atoms with Crippen molar-refractivity contribution in [3.05, 3.63) is 71.0 Å². The first kappa shape index (κ1) is 19.0. The number of fused-ring (bicyclic) bond motifs is 2. The van der Waals surface area contributed by atoms with Gasteiger partial charge in [-0.1, -0.05) is 42.0 Å². The number of amides is 3. The molecule has 2 aliphatic rings. The lowest BCUT2D eigenvalue weighted by Gasteiger charge is -2.22. The minimum atomic E-state index is -1.02. The summed E-state index contributed by atoms with van der Waals surface area (Å²) in [5.74, 6) is 0.190. The minimum absolute atomic E-state index is 0.00703. The molecule has 5 rings (SSSR count). The van der Waals surface area contributed by atoms with Gasteiger partial charge in [0, 0.05) is 5.69 Å². The van der Waals surface area contributed by atoms with Gasteiger partial charge in [-0.25, -0.2) is 4.79 Å². The van der Waals surface area contributed by atoms with Gasteiger partial charge in [-0.3, -0.25) is 9.69 Å². The number of carbonyl (C=O) groups excluding carboxylic acids is 2. The summed E-state index contributed by atoms with van der Waals surface area (Å²) < 4.78 is 0. The molecule has 3 aromatic rings. The molecule has 0 radical (unpaired) electrons. The Morgan fingerprint density at radius 2 is 1.87 bits per heavy atom. The first-order valence-electron chi connectivity index (χ1n) is 10.0. The zero-order valence-electron chi connectivity index (χ0n) is 16.9. The molecule has 0 bridgehead atoms. The molecule has 1 aromatic heterocycles. The van der Waals surface area contributed by atoms with Crippen molar-refractivity contribution in [2.45, 2.75) is 31.8 Å². The fourth-order valence-corrected chi connectivity index (χ4v) is 4.21. The number of hydrogen-bond donors (Lipinski definition) is 3. The highest BCUT2D eigenvalue weighted by molar-refractivity contribution is 6.08. The summed E-state index contributed by atoms with van der Waals surface area (Å²) in [7, 11) is 0. The Morgan fingerprint density at radius 3 is 2.68 bits per heavy atom. The lowest BCUT2D eigenvalue weighted by molar-refractivity contribution is -0.132. The quantitative estimate of drug-likeness (QED) is 0.559. The number of aromatic nitrogens is 3. The van der Waals surface area contributed by atoms with Gasteiger partial charge in [0.05, 0.1) is 6.54 Å². The van der Waals surface area contributed by atoms with Crippen LogP contribution in [0.3, 0.4) is 0 Å². The maximum atomic E-state index is 13.3. The summed E-state index contributed by atoms with van der Waals surface area (Å²) >= 11 is 0. The van der Waals surface area contributed by atoms with Gasteiger partial charge in [0.2, 0.25) is 11.9 Å². The zero-order valence-corrected chi connectivity index (χ0v) is 16.9. The van der Waals surface area contributed by atoms with Crippen LogP contribution in [0.2, 0.25) is 0 Å². The molecule has 1 saturated heterocycles. The number of urea groups is 1. The lowest BCUT2D eigenvalue weighted by atomic mass is 9.92. The van der Waals surface area contributed by atoms with E-state index in [1.807, 2.05) is 55.5 Å². The van der Waals surface area contributed by atoms with Gasteiger partial charge in [0.1, 0.15) is 5.54 Å². The molecule has 9 heteroatoms. The lowest BCUT2D eigenvalue weighted by Crippen LogP contribution is -2.41. The van der Waals surface area contributed by atoms with E-state index in [0.717, 1.165) is 33.7 Å². The van der Waals surface area contributed by atoms with Gasteiger partial charge in [0.15, 0.2) is 5.82 Å². The Labute approximate surface area is 178 Å². The topological polar surface area (TPSA) is 126 Å². The molecule has 9 nitrogen and oxygen atoms in total. The number of nitrogens with two attached hydrogens (primary N) is 1. The second-order valence-corrected chi connectivity index (χ2v) is 7.81. The van der Waals surface area contributed by atoms with Crippen molar-refractivity contribution < 1.29 is 9.59 Å². The Morgan fingerprint density at radius 1 is 1.10 bits per heavy atom. The van der Waals surface area contributed by atoms with Gasteiger partial charge < -0.3 is 16.4 Å². The van der Waals surface area contributed by atoms with E-state index in [2.05, 4.69) is 25.6 Å². The molecular formula is C22H21N7O2. The second kappa shape index (κ2) is 7.05. The molecule has 0 unspecified atom stereocenters. The number of nitrogens with zero attached hydrogens (tertiary/aromatic N) is 4. The molecule has 1 aliphatic carbocycles.